The quantitative estimate of drug-likeness (QED) is 0.474. The lowest BCUT2D eigenvalue weighted by Gasteiger charge is -2.05. The minimum absolute atomic E-state index is 0.0169. The average molecular weight is 424 g/mol. The molecule has 30 heavy (non-hydrogen) atoms. The second kappa shape index (κ2) is 8.16. The normalized spacial score (nSPS) is 13.4. The van der Waals surface area contributed by atoms with Crippen molar-refractivity contribution in [2.75, 3.05) is 13.9 Å². The molecule has 0 bridgehead atoms. The molecule has 1 amide bonds. The highest BCUT2D eigenvalue weighted by Crippen LogP contribution is 2.32. The molecular formula is C22H20N2O5S. The van der Waals surface area contributed by atoms with Gasteiger partial charge in [-0.1, -0.05) is 17.4 Å². The van der Waals surface area contributed by atoms with Crippen LogP contribution < -0.4 is 14.3 Å². The maximum Gasteiger partial charge on any atom is 0.325 e. The van der Waals surface area contributed by atoms with Gasteiger partial charge >= 0.3 is 5.97 Å². The Morgan fingerprint density at radius 1 is 1.17 bits per heavy atom. The molecule has 0 fully saturated rings. The predicted molar refractivity (Wildman–Crippen MR) is 113 cm³/mol. The molecule has 1 aliphatic rings. The SMILES string of the molecule is COC(=O)Cn1c(=NC(=O)/C=C/c2ccc3c(c2)OCO3)sc2cc(C)c(C)cc21. The Kier molecular flexibility index (Phi) is 5.41. The number of carbonyl (C=O) groups is 2. The summed E-state index contributed by atoms with van der Waals surface area (Å²) in [6, 6.07) is 9.46. The number of amides is 1. The Hall–Kier alpha value is -3.39. The standard InChI is InChI=1S/C22H20N2O5S/c1-13-8-16-19(9-14(13)2)30-22(24(16)11-21(26)27-3)23-20(25)7-5-15-4-6-17-18(10-15)29-12-28-17/h4-10H,11-12H2,1-3H3/b7-5+,23-22?. The van der Waals surface area contributed by atoms with Crippen LogP contribution in [0.1, 0.15) is 16.7 Å². The van der Waals surface area contributed by atoms with Crippen LogP contribution in [-0.4, -0.2) is 30.3 Å². The van der Waals surface area contributed by atoms with Crippen LogP contribution in [0.5, 0.6) is 11.5 Å². The summed E-state index contributed by atoms with van der Waals surface area (Å²) in [5.74, 6) is 0.500. The zero-order valence-electron chi connectivity index (χ0n) is 16.8. The van der Waals surface area contributed by atoms with E-state index in [4.69, 9.17) is 14.2 Å². The van der Waals surface area contributed by atoms with Crippen molar-refractivity contribution in [2.24, 2.45) is 4.99 Å². The van der Waals surface area contributed by atoms with Gasteiger partial charge in [0.25, 0.3) is 5.91 Å². The zero-order valence-corrected chi connectivity index (χ0v) is 17.6. The van der Waals surface area contributed by atoms with E-state index < -0.39 is 11.9 Å². The highest BCUT2D eigenvalue weighted by atomic mass is 32.1. The third-order valence-corrected chi connectivity index (χ3v) is 5.88. The molecule has 1 aromatic heterocycles. The van der Waals surface area contributed by atoms with E-state index in [2.05, 4.69) is 4.99 Å². The fourth-order valence-electron chi connectivity index (χ4n) is 3.07. The lowest BCUT2D eigenvalue weighted by atomic mass is 10.1. The van der Waals surface area contributed by atoms with E-state index in [1.165, 1.54) is 24.5 Å². The van der Waals surface area contributed by atoms with Crippen LogP contribution in [0, 0.1) is 13.8 Å². The molecule has 154 valence electrons. The number of esters is 1. The number of rotatable bonds is 4. The summed E-state index contributed by atoms with van der Waals surface area (Å²) in [5, 5.41) is 0. The highest BCUT2D eigenvalue weighted by molar-refractivity contribution is 7.16. The number of fused-ring (bicyclic) bond motifs is 2. The molecule has 2 aromatic carbocycles. The van der Waals surface area contributed by atoms with Crippen LogP contribution in [-0.2, 0) is 20.9 Å². The molecule has 7 nitrogen and oxygen atoms in total. The van der Waals surface area contributed by atoms with Gasteiger partial charge in [-0.25, -0.2) is 0 Å². The van der Waals surface area contributed by atoms with Crippen LogP contribution in [0.3, 0.4) is 0 Å². The monoisotopic (exact) mass is 424 g/mol. The zero-order chi connectivity index (χ0) is 21.3. The number of ether oxygens (including phenoxy) is 3. The van der Waals surface area contributed by atoms with E-state index in [1.807, 2.05) is 32.0 Å². The van der Waals surface area contributed by atoms with Crippen molar-refractivity contribution in [1.29, 1.82) is 0 Å². The molecule has 0 atom stereocenters. The van der Waals surface area contributed by atoms with Crippen molar-refractivity contribution < 1.29 is 23.8 Å². The molecule has 1 aliphatic heterocycles. The maximum absolute atomic E-state index is 12.5. The predicted octanol–water partition coefficient (Wildman–Crippen LogP) is 3.36. The largest absolute Gasteiger partial charge is 0.468 e. The molecule has 0 unspecified atom stereocenters. The van der Waals surface area contributed by atoms with Crippen LogP contribution >= 0.6 is 11.3 Å². The molecule has 2 heterocycles. The molecular weight excluding hydrogens is 404 g/mol. The first-order valence-corrected chi connectivity index (χ1v) is 10.1. The van der Waals surface area contributed by atoms with Crippen molar-refractivity contribution in [1.82, 2.24) is 4.57 Å². The fourth-order valence-corrected chi connectivity index (χ4v) is 4.18. The van der Waals surface area contributed by atoms with Gasteiger partial charge in [0.05, 0.1) is 17.3 Å². The Morgan fingerprint density at radius 3 is 2.73 bits per heavy atom. The highest BCUT2D eigenvalue weighted by Gasteiger charge is 2.14. The number of aryl methyl sites for hydroxylation is 2. The van der Waals surface area contributed by atoms with E-state index >= 15 is 0 Å². The minimum Gasteiger partial charge on any atom is -0.468 e. The summed E-state index contributed by atoms with van der Waals surface area (Å²) >= 11 is 1.36. The molecule has 0 aliphatic carbocycles. The van der Waals surface area contributed by atoms with Crippen molar-refractivity contribution in [3.63, 3.8) is 0 Å². The van der Waals surface area contributed by atoms with Crippen LogP contribution in [0.2, 0.25) is 0 Å². The average Bonchev–Trinajstić information content (AvgIpc) is 3.31. The second-order valence-electron chi connectivity index (χ2n) is 6.85. The number of nitrogens with zero attached hydrogens (tertiary/aromatic N) is 2. The molecule has 0 spiro atoms. The van der Waals surface area contributed by atoms with Crippen LogP contribution in [0.4, 0.5) is 0 Å². The van der Waals surface area contributed by atoms with E-state index in [0.717, 1.165) is 26.9 Å². The number of methoxy groups -OCH3 is 1. The van der Waals surface area contributed by atoms with Crippen molar-refractivity contribution in [2.45, 2.75) is 20.4 Å². The Morgan fingerprint density at radius 2 is 1.93 bits per heavy atom. The van der Waals surface area contributed by atoms with Gasteiger partial charge in [0, 0.05) is 6.08 Å². The first-order valence-electron chi connectivity index (χ1n) is 9.28. The summed E-state index contributed by atoms with van der Waals surface area (Å²) in [6.07, 6.45) is 3.06. The third kappa shape index (κ3) is 3.99. The molecule has 0 saturated heterocycles. The van der Waals surface area contributed by atoms with Gasteiger partial charge in [-0.15, -0.1) is 0 Å². The number of hydrogen-bond donors (Lipinski definition) is 0. The number of benzene rings is 2. The Labute approximate surface area is 176 Å². The van der Waals surface area contributed by atoms with Gasteiger partial charge in [0.15, 0.2) is 16.3 Å². The number of aromatic nitrogens is 1. The molecule has 4 rings (SSSR count). The number of thiazole rings is 1. The van der Waals surface area contributed by atoms with Gasteiger partial charge in [-0.05, 0) is 60.9 Å². The van der Waals surface area contributed by atoms with Crippen molar-refractivity contribution in [3.8, 4) is 11.5 Å². The third-order valence-electron chi connectivity index (χ3n) is 4.83. The molecule has 0 saturated carbocycles. The molecule has 0 radical (unpaired) electrons. The molecule has 3 aromatic rings. The summed E-state index contributed by atoms with van der Waals surface area (Å²) < 4.78 is 18.1. The van der Waals surface area contributed by atoms with Gasteiger partial charge < -0.3 is 18.8 Å². The number of carbonyl (C=O) groups excluding carboxylic acids is 2. The van der Waals surface area contributed by atoms with E-state index in [9.17, 15) is 9.59 Å². The summed E-state index contributed by atoms with van der Waals surface area (Å²) in [4.78, 5) is 29.1. The van der Waals surface area contributed by atoms with E-state index in [-0.39, 0.29) is 13.3 Å². The van der Waals surface area contributed by atoms with E-state index in [1.54, 1.807) is 22.8 Å². The van der Waals surface area contributed by atoms with Gasteiger partial charge in [-0.3, -0.25) is 9.59 Å². The van der Waals surface area contributed by atoms with Crippen molar-refractivity contribution in [3.05, 3.63) is 57.9 Å². The first-order chi connectivity index (χ1) is 14.4. The lowest BCUT2D eigenvalue weighted by Crippen LogP contribution is -2.22. The maximum atomic E-state index is 12.5. The Balaban J connectivity index is 1.69. The first kappa shape index (κ1) is 19.9. The Bertz CT molecular complexity index is 1250. The lowest BCUT2D eigenvalue weighted by molar-refractivity contribution is -0.141. The smallest absolute Gasteiger partial charge is 0.325 e. The minimum atomic E-state index is -0.425. The fraction of sp³-hybridized carbons (Fsp3) is 0.227. The van der Waals surface area contributed by atoms with Crippen LogP contribution in [0.15, 0.2) is 41.4 Å². The van der Waals surface area contributed by atoms with Crippen molar-refractivity contribution >= 4 is 39.5 Å². The topological polar surface area (TPSA) is 79.1 Å². The summed E-state index contributed by atoms with van der Waals surface area (Å²) in [6.45, 7) is 4.21. The molecule has 0 N–H and O–H groups in total. The number of hydrogen-bond acceptors (Lipinski definition) is 6. The van der Waals surface area contributed by atoms with Crippen LogP contribution in [0.25, 0.3) is 16.3 Å². The second-order valence-corrected chi connectivity index (χ2v) is 7.86. The summed E-state index contributed by atoms with van der Waals surface area (Å²) in [7, 11) is 1.34. The van der Waals surface area contributed by atoms with Gasteiger partial charge in [0.2, 0.25) is 6.79 Å². The van der Waals surface area contributed by atoms with Gasteiger partial charge in [0.1, 0.15) is 6.54 Å². The van der Waals surface area contributed by atoms with Gasteiger partial charge in [-0.2, -0.15) is 4.99 Å². The summed E-state index contributed by atoms with van der Waals surface area (Å²) in [5.41, 5.74) is 3.88. The van der Waals surface area contributed by atoms with E-state index in [0.29, 0.717) is 16.3 Å². The molecule has 8 heteroatoms.